The third-order valence-electron chi connectivity index (χ3n) is 2.53. The molecule has 0 heterocycles. The molecule has 0 fully saturated rings. The summed E-state index contributed by atoms with van der Waals surface area (Å²) in [6.45, 7) is 1.83. The first-order chi connectivity index (χ1) is 9.54. The van der Waals surface area contributed by atoms with Crippen LogP contribution in [-0.4, -0.2) is 10.9 Å². The Bertz CT molecular complexity index is 638. The van der Waals surface area contributed by atoms with Gasteiger partial charge in [0.25, 0.3) is 0 Å². The van der Waals surface area contributed by atoms with Crippen LogP contribution in [0, 0.1) is 5.82 Å². The van der Waals surface area contributed by atoms with Crippen molar-refractivity contribution in [2.75, 3.05) is 0 Å². The smallest absolute Gasteiger partial charge is 0.161 e. The van der Waals surface area contributed by atoms with Crippen LogP contribution in [0.25, 0.3) is 0 Å². The third kappa shape index (κ3) is 3.71. The van der Waals surface area contributed by atoms with Crippen LogP contribution in [0.1, 0.15) is 12.5 Å². The first kappa shape index (κ1) is 13.9. The third-order valence-corrected chi connectivity index (χ3v) is 2.53. The number of nitrogens with zero attached hydrogens (tertiary/aromatic N) is 1. The summed E-state index contributed by atoms with van der Waals surface area (Å²) in [5, 5.41) is 9.83. The molecule has 5 heteroatoms. The Balaban J connectivity index is 2.08. The Morgan fingerprint density at radius 1 is 1.30 bits per heavy atom. The molecule has 0 radical (unpaired) electrons. The number of nitrogens with two attached hydrogens (primary N) is 1. The largest absolute Gasteiger partial charge is 0.504 e. The van der Waals surface area contributed by atoms with Crippen LogP contribution >= 0.6 is 0 Å². The molecule has 0 unspecified atom stereocenters. The Hall–Kier alpha value is -2.56. The van der Waals surface area contributed by atoms with Crippen LogP contribution in [0.4, 0.5) is 10.1 Å². The van der Waals surface area contributed by atoms with E-state index in [9.17, 15) is 9.50 Å². The van der Waals surface area contributed by atoms with Crippen molar-refractivity contribution < 1.29 is 14.2 Å². The molecule has 0 bridgehead atoms. The number of phenolic OH excluding ortho intramolecular Hbond substituents is 1. The van der Waals surface area contributed by atoms with E-state index in [1.54, 1.807) is 31.2 Å². The van der Waals surface area contributed by atoms with Gasteiger partial charge in [-0.1, -0.05) is 12.1 Å². The van der Waals surface area contributed by atoms with Crippen LogP contribution in [-0.2, 0) is 6.61 Å². The molecule has 0 spiro atoms. The van der Waals surface area contributed by atoms with Crippen LogP contribution in [0.2, 0.25) is 0 Å². The number of benzene rings is 2. The van der Waals surface area contributed by atoms with Crippen LogP contribution in [0.5, 0.6) is 11.5 Å². The summed E-state index contributed by atoms with van der Waals surface area (Å²) in [5.41, 5.74) is 6.69. The van der Waals surface area contributed by atoms with E-state index in [1.807, 2.05) is 0 Å². The van der Waals surface area contributed by atoms with Gasteiger partial charge in [0.2, 0.25) is 0 Å². The topological polar surface area (TPSA) is 67.8 Å². The predicted octanol–water partition coefficient (Wildman–Crippen LogP) is 3.12. The molecule has 0 atom stereocenters. The highest BCUT2D eigenvalue weighted by Crippen LogP contribution is 2.30. The monoisotopic (exact) mass is 274 g/mol. The molecule has 4 nitrogen and oxygen atoms in total. The van der Waals surface area contributed by atoms with E-state index in [0.29, 0.717) is 22.8 Å². The van der Waals surface area contributed by atoms with Gasteiger partial charge in [-0.2, -0.15) is 0 Å². The maximum absolute atomic E-state index is 13.0. The lowest BCUT2D eigenvalue weighted by Crippen LogP contribution is -2.03. The summed E-state index contributed by atoms with van der Waals surface area (Å²) < 4.78 is 18.5. The second-order valence-electron chi connectivity index (χ2n) is 4.32. The zero-order valence-electron chi connectivity index (χ0n) is 11.0. The SMILES string of the molecule is CC(N)=Nc1ccc(OCc2cccc(F)c2)c(O)c1. The maximum atomic E-state index is 13.0. The molecule has 20 heavy (non-hydrogen) atoms. The van der Waals surface area contributed by atoms with E-state index >= 15 is 0 Å². The lowest BCUT2D eigenvalue weighted by molar-refractivity contribution is 0.288. The van der Waals surface area contributed by atoms with Crippen LogP contribution in [0.3, 0.4) is 0 Å². The molecular weight excluding hydrogens is 259 g/mol. The minimum absolute atomic E-state index is 0.0381. The van der Waals surface area contributed by atoms with E-state index in [0.717, 1.165) is 0 Å². The lowest BCUT2D eigenvalue weighted by atomic mass is 10.2. The molecule has 0 aromatic heterocycles. The van der Waals surface area contributed by atoms with E-state index in [-0.39, 0.29) is 18.2 Å². The number of ether oxygens (including phenoxy) is 1. The molecule has 2 aromatic carbocycles. The quantitative estimate of drug-likeness (QED) is 0.665. The summed E-state index contributed by atoms with van der Waals surface area (Å²) >= 11 is 0. The number of amidine groups is 1. The summed E-state index contributed by atoms with van der Waals surface area (Å²) in [6, 6.07) is 10.8. The number of aromatic hydroxyl groups is 1. The van der Waals surface area contributed by atoms with Crippen LogP contribution < -0.4 is 10.5 Å². The van der Waals surface area contributed by atoms with Crippen molar-refractivity contribution in [2.45, 2.75) is 13.5 Å². The van der Waals surface area contributed by atoms with Crippen molar-refractivity contribution in [1.29, 1.82) is 0 Å². The summed E-state index contributed by atoms with van der Waals surface area (Å²) in [7, 11) is 0. The Labute approximate surface area is 116 Å². The number of aliphatic imine (C=N–C) groups is 1. The van der Waals surface area contributed by atoms with Crippen molar-refractivity contribution in [3.63, 3.8) is 0 Å². The highest BCUT2D eigenvalue weighted by Gasteiger charge is 2.04. The highest BCUT2D eigenvalue weighted by atomic mass is 19.1. The minimum Gasteiger partial charge on any atom is -0.504 e. The van der Waals surface area contributed by atoms with Gasteiger partial charge in [0.15, 0.2) is 11.5 Å². The molecule has 2 rings (SSSR count). The fourth-order valence-corrected chi connectivity index (χ4v) is 1.69. The fraction of sp³-hybridized carbons (Fsp3) is 0.133. The van der Waals surface area contributed by atoms with Gasteiger partial charge < -0.3 is 15.6 Å². The van der Waals surface area contributed by atoms with Gasteiger partial charge in [0.05, 0.1) is 11.5 Å². The average molecular weight is 274 g/mol. The highest BCUT2D eigenvalue weighted by molar-refractivity contribution is 5.80. The van der Waals surface area contributed by atoms with Crippen molar-refractivity contribution in [2.24, 2.45) is 10.7 Å². The maximum Gasteiger partial charge on any atom is 0.161 e. The van der Waals surface area contributed by atoms with E-state index < -0.39 is 0 Å². The zero-order valence-corrected chi connectivity index (χ0v) is 11.0. The van der Waals surface area contributed by atoms with Crippen molar-refractivity contribution >= 4 is 11.5 Å². The number of halogens is 1. The van der Waals surface area contributed by atoms with Gasteiger partial charge in [-0.05, 0) is 36.8 Å². The molecule has 3 N–H and O–H groups in total. The molecule has 0 saturated heterocycles. The minimum atomic E-state index is -0.321. The Kier molecular flexibility index (Phi) is 4.20. The second-order valence-corrected chi connectivity index (χ2v) is 4.32. The van der Waals surface area contributed by atoms with E-state index in [4.69, 9.17) is 10.5 Å². The summed E-state index contributed by atoms with van der Waals surface area (Å²) in [5.74, 6) is 0.350. The number of rotatable bonds is 4. The Morgan fingerprint density at radius 2 is 2.10 bits per heavy atom. The van der Waals surface area contributed by atoms with Gasteiger partial charge >= 0.3 is 0 Å². The second kappa shape index (κ2) is 6.06. The van der Waals surface area contributed by atoms with Gasteiger partial charge in [0.1, 0.15) is 12.4 Å². The van der Waals surface area contributed by atoms with Crippen LogP contribution in [0.15, 0.2) is 47.5 Å². The normalized spacial score (nSPS) is 11.4. The molecule has 0 aliphatic rings. The standard InChI is InChI=1S/C15H15FN2O2/c1-10(17)18-13-5-6-15(14(19)8-13)20-9-11-3-2-4-12(16)7-11/h2-8,19H,9H2,1H3,(H2,17,18). The number of hydrogen-bond acceptors (Lipinski definition) is 3. The molecule has 0 saturated carbocycles. The van der Waals surface area contributed by atoms with Crippen molar-refractivity contribution in [3.8, 4) is 11.5 Å². The average Bonchev–Trinajstić information content (AvgIpc) is 2.37. The zero-order chi connectivity index (χ0) is 14.5. The van der Waals surface area contributed by atoms with Crippen molar-refractivity contribution in [3.05, 3.63) is 53.8 Å². The number of hydrogen-bond donors (Lipinski definition) is 2. The van der Waals surface area contributed by atoms with E-state index in [2.05, 4.69) is 4.99 Å². The van der Waals surface area contributed by atoms with Gasteiger partial charge in [-0.3, -0.25) is 0 Å². The van der Waals surface area contributed by atoms with Gasteiger partial charge in [-0.15, -0.1) is 0 Å². The molecular formula is C15H15FN2O2. The molecule has 2 aromatic rings. The fourth-order valence-electron chi connectivity index (χ4n) is 1.69. The molecule has 0 aliphatic carbocycles. The van der Waals surface area contributed by atoms with Gasteiger partial charge in [0, 0.05) is 6.07 Å². The van der Waals surface area contributed by atoms with E-state index in [1.165, 1.54) is 18.2 Å². The summed E-state index contributed by atoms with van der Waals surface area (Å²) in [6.07, 6.45) is 0. The Morgan fingerprint density at radius 3 is 2.75 bits per heavy atom. The molecule has 0 aliphatic heterocycles. The first-order valence-corrected chi connectivity index (χ1v) is 6.05. The van der Waals surface area contributed by atoms with Gasteiger partial charge in [-0.25, -0.2) is 9.38 Å². The summed E-state index contributed by atoms with van der Waals surface area (Å²) in [4.78, 5) is 4.02. The molecule has 104 valence electrons. The lowest BCUT2D eigenvalue weighted by Gasteiger charge is -2.08. The predicted molar refractivity (Wildman–Crippen MR) is 75.8 cm³/mol. The van der Waals surface area contributed by atoms with Crippen molar-refractivity contribution in [1.82, 2.24) is 0 Å². The number of phenols is 1. The first-order valence-electron chi connectivity index (χ1n) is 6.05. The molecule has 0 amide bonds.